The van der Waals surface area contributed by atoms with Crippen LogP contribution < -0.4 is 5.32 Å². The van der Waals surface area contributed by atoms with Crippen molar-refractivity contribution < 1.29 is 19.7 Å². The van der Waals surface area contributed by atoms with E-state index in [2.05, 4.69) is 12.2 Å². The second-order valence-electron chi connectivity index (χ2n) is 4.64. The van der Waals surface area contributed by atoms with Crippen LogP contribution in [0.3, 0.4) is 0 Å². The van der Waals surface area contributed by atoms with Crippen LogP contribution in [0.5, 0.6) is 0 Å². The minimum atomic E-state index is -0.793. The molecule has 0 aliphatic carbocycles. The molecule has 1 unspecified atom stereocenters. The van der Waals surface area contributed by atoms with Crippen LogP contribution in [0.15, 0.2) is 24.3 Å². The van der Waals surface area contributed by atoms with Gasteiger partial charge in [0.15, 0.2) is 0 Å². The molecule has 20 heavy (non-hydrogen) atoms. The van der Waals surface area contributed by atoms with Gasteiger partial charge in [-0.3, -0.25) is 0 Å². The Balaban J connectivity index is 2.39. The van der Waals surface area contributed by atoms with Gasteiger partial charge in [-0.15, -0.1) is 0 Å². The fraction of sp³-hybridized carbons (Fsp3) is 0.533. The normalized spacial score (nSPS) is 11.9. The molecule has 0 aromatic heterocycles. The van der Waals surface area contributed by atoms with E-state index in [0.717, 1.165) is 24.9 Å². The summed E-state index contributed by atoms with van der Waals surface area (Å²) in [4.78, 5) is 11.7. The third kappa shape index (κ3) is 6.04. The fourth-order valence-electron chi connectivity index (χ4n) is 1.62. The van der Waals surface area contributed by atoms with E-state index in [-0.39, 0.29) is 19.1 Å². The molecule has 1 rings (SSSR count). The third-order valence-electron chi connectivity index (χ3n) is 2.85. The first kappa shape index (κ1) is 16.5. The van der Waals surface area contributed by atoms with Crippen molar-refractivity contribution in [2.75, 3.05) is 25.1 Å². The molecule has 0 saturated heterocycles. The van der Waals surface area contributed by atoms with Gasteiger partial charge in [0.05, 0.1) is 24.9 Å². The standard InChI is InChI=1S/C15H23NO4/c1-2-3-4-9-20-15(19)12-5-7-13(8-6-12)16-10-14(18)11-17/h5-8,14,16-18H,2-4,9-11H2,1H3. The Hall–Kier alpha value is -1.59. The van der Waals surface area contributed by atoms with Crippen LogP contribution in [-0.4, -0.2) is 42.0 Å². The van der Waals surface area contributed by atoms with Gasteiger partial charge in [0.1, 0.15) is 0 Å². The van der Waals surface area contributed by atoms with Gasteiger partial charge in [0.25, 0.3) is 0 Å². The number of ether oxygens (including phenoxy) is 1. The van der Waals surface area contributed by atoms with Crippen LogP contribution in [0, 0.1) is 0 Å². The molecule has 0 heterocycles. The molecule has 1 aromatic rings. The first-order valence-corrected chi connectivity index (χ1v) is 6.97. The summed E-state index contributed by atoms with van der Waals surface area (Å²) in [5, 5.41) is 20.9. The average Bonchev–Trinajstić information content (AvgIpc) is 2.49. The van der Waals surface area contributed by atoms with Gasteiger partial charge in [-0.1, -0.05) is 19.8 Å². The molecule has 0 bridgehead atoms. The number of nitrogens with one attached hydrogen (secondary N) is 1. The van der Waals surface area contributed by atoms with E-state index in [0.29, 0.717) is 12.2 Å². The first-order chi connectivity index (χ1) is 9.67. The SMILES string of the molecule is CCCCCOC(=O)c1ccc(NCC(O)CO)cc1. The zero-order valence-corrected chi connectivity index (χ0v) is 11.8. The van der Waals surface area contributed by atoms with Gasteiger partial charge < -0.3 is 20.3 Å². The van der Waals surface area contributed by atoms with Crippen molar-refractivity contribution in [1.82, 2.24) is 0 Å². The molecule has 0 radical (unpaired) electrons. The van der Waals surface area contributed by atoms with Crippen molar-refractivity contribution in [3.8, 4) is 0 Å². The van der Waals surface area contributed by atoms with Crippen molar-refractivity contribution in [2.24, 2.45) is 0 Å². The highest BCUT2D eigenvalue weighted by Crippen LogP contribution is 2.11. The van der Waals surface area contributed by atoms with Crippen LogP contribution >= 0.6 is 0 Å². The van der Waals surface area contributed by atoms with Crippen LogP contribution in [0.4, 0.5) is 5.69 Å². The Labute approximate surface area is 119 Å². The highest BCUT2D eigenvalue weighted by atomic mass is 16.5. The summed E-state index contributed by atoms with van der Waals surface area (Å²) in [7, 11) is 0. The van der Waals surface area contributed by atoms with E-state index in [4.69, 9.17) is 9.84 Å². The monoisotopic (exact) mass is 281 g/mol. The van der Waals surface area contributed by atoms with Crippen molar-refractivity contribution in [3.05, 3.63) is 29.8 Å². The Morgan fingerprint density at radius 2 is 2.00 bits per heavy atom. The third-order valence-corrected chi connectivity index (χ3v) is 2.85. The van der Waals surface area contributed by atoms with Gasteiger partial charge in [-0.25, -0.2) is 4.79 Å². The minimum absolute atomic E-state index is 0.261. The number of aliphatic hydroxyl groups excluding tert-OH is 2. The maximum atomic E-state index is 11.7. The van der Waals surface area contributed by atoms with E-state index in [9.17, 15) is 9.90 Å². The summed E-state index contributed by atoms with van der Waals surface area (Å²) in [6, 6.07) is 6.84. The molecule has 1 aromatic carbocycles. The summed E-state index contributed by atoms with van der Waals surface area (Å²) in [6.45, 7) is 2.53. The summed E-state index contributed by atoms with van der Waals surface area (Å²) in [6.07, 6.45) is 2.25. The molecule has 5 heteroatoms. The van der Waals surface area contributed by atoms with Crippen molar-refractivity contribution in [2.45, 2.75) is 32.3 Å². The molecular weight excluding hydrogens is 258 g/mol. The van der Waals surface area contributed by atoms with Crippen LogP contribution in [0.25, 0.3) is 0 Å². The molecule has 0 saturated carbocycles. The van der Waals surface area contributed by atoms with Crippen LogP contribution in [-0.2, 0) is 4.74 Å². The summed E-state index contributed by atoms with van der Waals surface area (Å²) in [5.41, 5.74) is 1.29. The smallest absolute Gasteiger partial charge is 0.338 e. The largest absolute Gasteiger partial charge is 0.462 e. The van der Waals surface area contributed by atoms with Crippen molar-refractivity contribution >= 4 is 11.7 Å². The van der Waals surface area contributed by atoms with E-state index < -0.39 is 6.10 Å². The van der Waals surface area contributed by atoms with Crippen LogP contribution in [0.2, 0.25) is 0 Å². The number of benzene rings is 1. The van der Waals surface area contributed by atoms with Gasteiger partial charge in [0.2, 0.25) is 0 Å². The van der Waals surface area contributed by atoms with E-state index in [1.165, 1.54) is 0 Å². The molecule has 0 spiro atoms. The first-order valence-electron chi connectivity index (χ1n) is 6.97. The Morgan fingerprint density at radius 3 is 2.60 bits per heavy atom. The number of carbonyl (C=O) groups is 1. The Bertz CT molecular complexity index is 391. The fourth-order valence-corrected chi connectivity index (χ4v) is 1.62. The molecule has 3 N–H and O–H groups in total. The summed E-state index contributed by atoms with van der Waals surface area (Å²) < 4.78 is 5.15. The van der Waals surface area contributed by atoms with E-state index in [1.54, 1.807) is 24.3 Å². The topological polar surface area (TPSA) is 78.8 Å². The number of esters is 1. The van der Waals surface area contributed by atoms with Crippen LogP contribution in [0.1, 0.15) is 36.5 Å². The molecule has 0 fully saturated rings. The molecule has 5 nitrogen and oxygen atoms in total. The molecular formula is C15H23NO4. The highest BCUT2D eigenvalue weighted by Gasteiger charge is 2.07. The Kier molecular flexibility index (Phi) is 7.69. The zero-order chi connectivity index (χ0) is 14.8. The van der Waals surface area contributed by atoms with Crippen molar-refractivity contribution in [1.29, 1.82) is 0 Å². The lowest BCUT2D eigenvalue weighted by molar-refractivity contribution is 0.0498. The number of hydrogen-bond donors (Lipinski definition) is 3. The van der Waals surface area contributed by atoms with Crippen molar-refractivity contribution in [3.63, 3.8) is 0 Å². The van der Waals surface area contributed by atoms with Gasteiger partial charge in [0, 0.05) is 12.2 Å². The van der Waals surface area contributed by atoms with Gasteiger partial charge >= 0.3 is 5.97 Å². The quantitative estimate of drug-likeness (QED) is 0.475. The zero-order valence-electron chi connectivity index (χ0n) is 11.8. The van der Waals surface area contributed by atoms with E-state index >= 15 is 0 Å². The number of unbranched alkanes of at least 4 members (excludes halogenated alkanes) is 2. The minimum Gasteiger partial charge on any atom is -0.462 e. The van der Waals surface area contributed by atoms with E-state index in [1.807, 2.05) is 0 Å². The number of rotatable bonds is 9. The number of anilines is 1. The predicted molar refractivity (Wildman–Crippen MR) is 77.8 cm³/mol. The number of hydrogen-bond acceptors (Lipinski definition) is 5. The molecule has 0 aliphatic rings. The summed E-state index contributed by atoms with van der Waals surface area (Å²) in [5.74, 6) is -0.317. The number of aliphatic hydroxyl groups is 2. The lowest BCUT2D eigenvalue weighted by atomic mass is 10.2. The lowest BCUT2D eigenvalue weighted by Gasteiger charge is -2.10. The molecule has 0 amide bonds. The second-order valence-corrected chi connectivity index (χ2v) is 4.64. The number of carbonyl (C=O) groups excluding carboxylic acids is 1. The average molecular weight is 281 g/mol. The maximum Gasteiger partial charge on any atom is 0.338 e. The summed E-state index contributed by atoms with van der Waals surface area (Å²) >= 11 is 0. The maximum absolute atomic E-state index is 11.7. The Morgan fingerprint density at radius 1 is 1.30 bits per heavy atom. The molecule has 112 valence electrons. The van der Waals surface area contributed by atoms with Gasteiger partial charge in [-0.2, -0.15) is 0 Å². The van der Waals surface area contributed by atoms with Gasteiger partial charge in [-0.05, 0) is 30.7 Å². The highest BCUT2D eigenvalue weighted by molar-refractivity contribution is 5.89. The molecule has 1 atom stereocenters. The second kappa shape index (κ2) is 9.34. The lowest BCUT2D eigenvalue weighted by Crippen LogP contribution is -2.22. The molecule has 0 aliphatic heterocycles. The predicted octanol–water partition coefficient (Wildman–Crippen LogP) is 1.80.